The molecule has 0 aromatic heterocycles. The summed E-state index contributed by atoms with van der Waals surface area (Å²) in [4.78, 5) is 0. The van der Waals surface area contributed by atoms with Gasteiger partial charge in [0.25, 0.3) is 0 Å². The van der Waals surface area contributed by atoms with E-state index in [4.69, 9.17) is 4.74 Å². The monoisotopic (exact) mass is 261 g/mol. The maximum atomic E-state index is 9.57. The Labute approximate surface area is 115 Å². The molecule has 3 nitrogen and oxygen atoms in total. The number of fused-ring (bicyclic) bond motifs is 1. The molecule has 3 rings (SSSR count). The Morgan fingerprint density at radius 1 is 1.16 bits per heavy atom. The molecule has 1 saturated carbocycles. The van der Waals surface area contributed by atoms with E-state index in [2.05, 4.69) is 23.5 Å². The number of aliphatic hydroxyl groups is 1. The second-order valence-electron chi connectivity index (χ2n) is 5.83. The molecule has 0 heterocycles. The number of nitrogens with one attached hydrogen (secondary N) is 1. The van der Waals surface area contributed by atoms with Gasteiger partial charge in [-0.05, 0) is 61.8 Å². The zero-order valence-electron chi connectivity index (χ0n) is 11.6. The smallest absolute Gasteiger partial charge is 0.119 e. The van der Waals surface area contributed by atoms with Gasteiger partial charge in [0.15, 0.2) is 0 Å². The van der Waals surface area contributed by atoms with Gasteiger partial charge >= 0.3 is 0 Å². The highest BCUT2D eigenvalue weighted by Crippen LogP contribution is 2.35. The largest absolute Gasteiger partial charge is 0.497 e. The van der Waals surface area contributed by atoms with E-state index in [1.54, 1.807) is 7.11 Å². The number of benzene rings is 1. The number of aliphatic hydroxyl groups excluding tert-OH is 1. The molecule has 1 atom stereocenters. The lowest BCUT2D eigenvalue weighted by Gasteiger charge is -2.29. The molecule has 1 aromatic carbocycles. The van der Waals surface area contributed by atoms with Crippen molar-refractivity contribution in [3.63, 3.8) is 0 Å². The van der Waals surface area contributed by atoms with Crippen LogP contribution in [0.25, 0.3) is 0 Å². The van der Waals surface area contributed by atoms with Gasteiger partial charge in [-0.15, -0.1) is 0 Å². The minimum atomic E-state index is -0.0750. The summed E-state index contributed by atoms with van der Waals surface area (Å²) in [6, 6.07) is 7.45. The molecule has 0 saturated heterocycles. The van der Waals surface area contributed by atoms with Crippen molar-refractivity contribution in [3.8, 4) is 5.75 Å². The number of hydrogen-bond donors (Lipinski definition) is 2. The molecule has 2 N–H and O–H groups in total. The van der Waals surface area contributed by atoms with Crippen molar-refractivity contribution in [3.05, 3.63) is 29.3 Å². The predicted molar refractivity (Wildman–Crippen MR) is 75.5 cm³/mol. The van der Waals surface area contributed by atoms with Gasteiger partial charge < -0.3 is 15.2 Å². The van der Waals surface area contributed by atoms with Gasteiger partial charge in [-0.2, -0.15) is 0 Å². The number of methoxy groups -OCH3 is 1. The molecule has 0 amide bonds. The first-order valence-electron chi connectivity index (χ1n) is 7.37. The Morgan fingerprint density at radius 2 is 1.95 bits per heavy atom. The minimum Gasteiger partial charge on any atom is -0.497 e. The third-order valence-corrected chi connectivity index (χ3v) is 4.56. The molecule has 2 aliphatic carbocycles. The van der Waals surface area contributed by atoms with Gasteiger partial charge in [-0.3, -0.25) is 0 Å². The number of ether oxygens (including phenoxy) is 1. The van der Waals surface area contributed by atoms with Crippen LogP contribution in [0.1, 0.15) is 49.3 Å². The molecule has 0 radical (unpaired) electrons. The van der Waals surface area contributed by atoms with Crippen LogP contribution in [0.5, 0.6) is 5.75 Å². The van der Waals surface area contributed by atoms with Gasteiger partial charge in [0.05, 0.1) is 13.2 Å². The summed E-state index contributed by atoms with van der Waals surface area (Å²) in [6.45, 7) is 0. The van der Waals surface area contributed by atoms with E-state index in [1.807, 2.05) is 0 Å². The van der Waals surface area contributed by atoms with Gasteiger partial charge in [-0.1, -0.05) is 6.07 Å². The van der Waals surface area contributed by atoms with Crippen molar-refractivity contribution in [1.82, 2.24) is 5.32 Å². The van der Waals surface area contributed by atoms with Crippen molar-refractivity contribution in [1.29, 1.82) is 0 Å². The van der Waals surface area contributed by atoms with Crippen LogP contribution in [-0.2, 0) is 6.42 Å². The molecule has 1 unspecified atom stereocenters. The number of aryl methyl sites for hydroxylation is 1. The fourth-order valence-electron chi connectivity index (χ4n) is 3.41. The lowest BCUT2D eigenvalue weighted by molar-refractivity contribution is 0.114. The average Bonchev–Trinajstić information content (AvgIpc) is 2.84. The molecule has 0 bridgehead atoms. The standard InChI is InChI=1S/C16H23NO2/c1-19-14-8-2-11-3-9-16(15(11)10-14)17-12-4-6-13(18)7-5-12/h2,8,10,12-13,16-18H,3-7,9H2,1H3. The third-order valence-electron chi connectivity index (χ3n) is 4.56. The van der Waals surface area contributed by atoms with Crippen molar-refractivity contribution < 1.29 is 9.84 Å². The van der Waals surface area contributed by atoms with Crippen molar-refractivity contribution in [2.45, 2.75) is 56.7 Å². The Morgan fingerprint density at radius 3 is 2.68 bits per heavy atom. The van der Waals surface area contributed by atoms with E-state index in [0.717, 1.165) is 37.9 Å². The fourth-order valence-corrected chi connectivity index (χ4v) is 3.41. The Bertz CT molecular complexity index is 438. The Kier molecular flexibility index (Phi) is 3.76. The summed E-state index contributed by atoms with van der Waals surface area (Å²) >= 11 is 0. The van der Waals surface area contributed by atoms with Gasteiger partial charge in [0.2, 0.25) is 0 Å². The Hall–Kier alpha value is -1.06. The first-order valence-corrected chi connectivity index (χ1v) is 7.37. The lowest BCUT2D eigenvalue weighted by Crippen LogP contribution is -2.36. The second-order valence-corrected chi connectivity index (χ2v) is 5.83. The molecular weight excluding hydrogens is 238 g/mol. The highest BCUT2D eigenvalue weighted by Gasteiger charge is 2.27. The number of rotatable bonds is 3. The van der Waals surface area contributed by atoms with Gasteiger partial charge in [0.1, 0.15) is 5.75 Å². The predicted octanol–water partition coefficient (Wildman–Crippen LogP) is 2.58. The summed E-state index contributed by atoms with van der Waals surface area (Å²) < 4.78 is 5.33. The fraction of sp³-hybridized carbons (Fsp3) is 0.625. The van der Waals surface area contributed by atoms with E-state index in [1.165, 1.54) is 17.5 Å². The first-order chi connectivity index (χ1) is 9.26. The molecule has 0 spiro atoms. The quantitative estimate of drug-likeness (QED) is 0.878. The molecule has 1 fully saturated rings. The van der Waals surface area contributed by atoms with E-state index in [0.29, 0.717) is 12.1 Å². The molecule has 104 valence electrons. The first kappa shape index (κ1) is 12.9. The van der Waals surface area contributed by atoms with Crippen LogP contribution in [-0.4, -0.2) is 24.4 Å². The van der Waals surface area contributed by atoms with Gasteiger partial charge in [0, 0.05) is 12.1 Å². The van der Waals surface area contributed by atoms with Crippen LogP contribution < -0.4 is 10.1 Å². The van der Waals surface area contributed by atoms with Crippen LogP contribution in [0.2, 0.25) is 0 Å². The van der Waals surface area contributed by atoms with Crippen LogP contribution in [0.3, 0.4) is 0 Å². The summed E-state index contributed by atoms with van der Waals surface area (Å²) in [7, 11) is 1.72. The molecule has 0 aliphatic heterocycles. The minimum absolute atomic E-state index is 0.0750. The van der Waals surface area contributed by atoms with Crippen molar-refractivity contribution in [2.75, 3.05) is 7.11 Å². The molecule has 2 aliphatic rings. The summed E-state index contributed by atoms with van der Waals surface area (Å²) in [5, 5.41) is 13.3. The normalized spacial score (nSPS) is 30.1. The van der Waals surface area contributed by atoms with E-state index in [9.17, 15) is 5.11 Å². The van der Waals surface area contributed by atoms with Crippen LogP contribution >= 0.6 is 0 Å². The number of hydrogen-bond acceptors (Lipinski definition) is 3. The van der Waals surface area contributed by atoms with E-state index < -0.39 is 0 Å². The zero-order valence-corrected chi connectivity index (χ0v) is 11.6. The molecular formula is C16H23NO2. The lowest BCUT2D eigenvalue weighted by atomic mass is 9.92. The van der Waals surface area contributed by atoms with Crippen LogP contribution in [0.4, 0.5) is 0 Å². The SMILES string of the molecule is COc1ccc2c(c1)C(NC1CCC(O)CC1)CC2. The topological polar surface area (TPSA) is 41.5 Å². The summed E-state index contributed by atoms with van der Waals surface area (Å²) in [6.07, 6.45) is 6.33. The third kappa shape index (κ3) is 2.77. The van der Waals surface area contributed by atoms with Crippen molar-refractivity contribution in [2.24, 2.45) is 0 Å². The maximum Gasteiger partial charge on any atom is 0.119 e. The molecule has 3 heteroatoms. The summed E-state index contributed by atoms with van der Waals surface area (Å²) in [5.74, 6) is 0.950. The van der Waals surface area contributed by atoms with E-state index in [-0.39, 0.29) is 6.10 Å². The highest BCUT2D eigenvalue weighted by molar-refractivity contribution is 5.40. The zero-order chi connectivity index (χ0) is 13.2. The highest BCUT2D eigenvalue weighted by atomic mass is 16.5. The molecule has 19 heavy (non-hydrogen) atoms. The summed E-state index contributed by atoms with van der Waals surface area (Å²) in [5.41, 5.74) is 2.86. The van der Waals surface area contributed by atoms with Crippen LogP contribution in [0.15, 0.2) is 18.2 Å². The average molecular weight is 261 g/mol. The van der Waals surface area contributed by atoms with E-state index >= 15 is 0 Å². The van der Waals surface area contributed by atoms with Gasteiger partial charge in [-0.25, -0.2) is 0 Å². The van der Waals surface area contributed by atoms with Crippen LogP contribution in [0, 0.1) is 0 Å². The maximum absolute atomic E-state index is 9.57. The van der Waals surface area contributed by atoms with Crippen molar-refractivity contribution >= 4 is 0 Å². The Balaban J connectivity index is 1.68. The second kappa shape index (κ2) is 5.51. The molecule has 1 aromatic rings.